The molecule has 0 aliphatic heterocycles. The smallest absolute Gasteiger partial charge is 0.334 e. The molecule has 2 aromatic carbocycles. The van der Waals surface area contributed by atoms with E-state index in [1.54, 1.807) is 37.3 Å². The second kappa shape index (κ2) is 10.8. The van der Waals surface area contributed by atoms with Crippen molar-refractivity contribution in [1.29, 1.82) is 0 Å². The summed E-state index contributed by atoms with van der Waals surface area (Å²) in [6, 6.07) is 12.2. The highest BCUT2D eigenvalue weighted by atomic mass is 19.1. The Kier molecular flexibility index (Phi) is 8.16. The van der Waals surface area contributed by atoms with Crippen LogP contribution < -0.4 is 0 Å². The Morgan fingerprint density at radius 1 is 1.10 bits per heavy atom. The number of hydrogen-bond donors (Lipinski definition) is 0. The van der Waals surface area contributed by atoms with Gasteiger partial charge >= 0.3 is 5.97 Å². The molecule has 2 aromatic rings. The SMILES string of the molecule is CCOC(=O)/C(=C/c1ccccc1)C[C@@H]([C@@H](C[N+](=O)[O-])c1ccccc1F)[N+](=O)[O-]. The highest BCUT2D eigenvalue weighted by molar-refractivity contribution is 5.93. The van der Waals surface area contributed by atoms with Crippen molar-refractivity contribution in [3.05, 3.63) is 97.3 Å². The number of nitrogens with zero attached hydrogens (tertiary/aromatic N) is 2. The topological polar surface area (TPSA) is 113 Å². The van der Waals surface area contributed by atoms with Crippen LogP contribution in [0.4, 0.5) is 4.39 Å². The molecule has 2 rings (SSSR count). The first kappa shape index (κ1) is 22.7. The lowest BCUT2D eigenvalue weighted by atomic mass is 9.87. The van der Waals surface area contributed by atoms with Gasteiger partial charge in [0.25, 0.3) is 0 Å². The van der Waals surface area contributed by atoms with Gasteiger partial charge in [0.05, 0.1) is 6.61 Å². The van der Waals surface area contributed by atoms with E-state index in [0.717, 1.165) is 6.07 Å². The summed E-state index contributed by atoms with van der Waals surface area (Å²) in [6.45, 7) is 0.797. The highest BCUT2D eigenvalue weighted by Crippen LogP contribution is 2.29. The van der Waals surface area contributed by atoms with Gasteiger partial charge in [-0.25, -0.2) is 9.18 Å². The molecule has 2 atom stereocenters. The van der Waals surface area contributed by atoms with Crippen LogP contribution in [0.1, 0.15) is 30.4 Å². The number of carbonyl (C=O) groups is 1. The minimum atomic E-state index is -1.60. The molecular formula is C21H21FN2O6. The zero-order valence-corrected chi connectivity index (χ0v) is 16.3. The van der Waals surface area contributed by atoms with Crippen molar-refractivity contribution in [1.82, 2.24) is 0 Å². The fourth-order valence-electron chi connectivity index (χ4n) is 3.13. The molecule has 0 aliphatic rings. The van der Waals surface area contributed by atoms with E-state index in [9.17, 15) is 29.4 Å². The number of nitro groups is 2. The van der Waals surface area contributed by atoms with Crippen molar-refractivity contribution in [3.8, 4) is 0 Å². The zero-order chi connectivity index (χ0) is 22.1. The Morgan fingerprint density at radius 2 is 1.73 bits per heavy atom. The van der Waals surface area contributed by atoms with E-state index in [2.05, 4.69) is 0 Å². The second-order valence-electron chi connectivity index (χ2n) is 6.50. The Balaban J connectivity index is 2.49. The van der Waals surface area contributed by atoms with Crippen LogP contribution in [0.25, 0.3) is 6.08 Å². The summed E-state index contributed by atoms with van der Waals surface area (Å²) in [4.78, 5) is 34.0. The first-order chi connectivity index (χ1) is 14.3. The van der Waals surface area contributed by atoms with E-state index in [0.29, 0.717) is 5.56 Å². The molecule has 0 heterocycles. The van der Waals surface area contributed by atoms with Crippen LogP contribution in [0, 0.1) is 26.0 Å². The number of benzene rings is 2. The summed E-state index contributed by atoms with van der Waals surface area (Å²) in [5.41, 5.74) is 0.452. The highest BCUT2D eigenvalue weighted by Gasteiger charge is 2.40. The van der Waals surface area contributed by atoms with Crippen molar-refractivity contribution in [2.75, 3.05) is 13.2 Å². The van der Waals surface area contributed by atoms with Gasteiger partial charge in [-0.1, -0.05) is 48.5 Å². The van der Waals surface area contributed by atoms with Gasteiger partial charge in [0.2, 0.25) is 12.6 Å². The van der Waals surface area contributed by atoms with Crippen molar-refractivity contribution in [2.45, 2.75) is 25.3 Å². The quantitative estimate of drug-likeness (QED) is 0.251. The van der Waals surface area contributed by atoms with E-state index in [1.807, 2.05) is 0 Å². The van der Waals surface area contributed by atoms with Gasteiger partial charge in [0, 0.05) is 27.4 Å². The van der Waals surface area contributed by atoms with Crippen LogP contribution in [-0.4, -0.2) is 35.0 Å². The van der Waals surface area contributed by atoms with E-state index in [1.165, 1.54) is 24.3 Å². The first-order valence-electron chi connectivity index (χ1n) is 9.26. The normalized spacial score (nSPS) is 13.3. The summed E-state index contributed by atoms with van der Waals surface area (Å²) >= 11 is 0. The number of hydrogen-bond acceptors (Lipinski definition) is 6. The average Bonchev–Trinajstić information content (AvgIpc) is 2.70. The van der Waals surface area contributed by atoms with Gasteiger partial charge in [0.1, 0.15) is 11.7 Å². The van der Waals surface area contributed by atoms with Crippen molar-refractivity contribution >= 4 is 12.0 Å². The van der Waals surface area contributed by atoms with Gasteiger partial charge < -0.3 is 4.74 Å². The van der Waals surface area contributed by atoms with Gasteiger partial charge in [-0.15, -0.1) is 0 Å². The van der Waals surface area contributed by atoms with Gasteiger partial charge in [-0.2, -0.15) is 0 Å². The predicted octanol–water partition coefficient (Wildman–Crippen LogP) is 3.87. The third-order valence-electron chi connectivity index (χ3n) is 4.49. The van der Waals surface area contributed by atoms with Gasteiger partial charge in [0.15, 0.2) is 0 Å². The van der Waals surface area contributed by atoms with Crippen LogP contribution >= 0.6 is 0 Å². The molecule has 158 valence electrons. The summed E-state index contributed by atoms with van der Waals surface area (Å²) in [6.07, 6.45) is 0.993. The third-order valence-corrected chi connectivity index (χ3v) is 4.49. The zero-order valence-electron chi connectivity index (χ0n) is 16.3. The van der Waals surface area contributed by atoms with Crippen LogP contribution in [0.3, 0.4) is 0 Å². The Bertz CT molecular complexity index is 932. The largest absolute Gasteiger partial charge is 0.463 e. The molecule has 0 spiro atoms. The molecule has 8 nitrogen and oxygen atoms in total. The summed E-state index contributed by atoms with van der Waals surface area (Å²) in [5, 5.41) is 23.0. The average molecular weight is 416 g/mol. The lowest BCUT2D eigenvalue weighted by molar-refractivity contribution is -0.546. The molecule has 0 fully saturated rings. The molecule has 30 heavy (non-hydrogen) atoms. The molecule has 0 saturated heterocycles. The van der Waals surface area contributed by atoms with Crippen molar-refractivity contribution in [3.63, 3.8) is 0 Å². The van der Waals surface area contributed by atoms with E-state index >= 15 is 0 Å². The lowest BCUT2D eigenvalue weighted by Gasteiger charge is -2.19. The fraction of sp³-hybridized carbons (Fsp3) is 0.286. The van der Waals surface area contributed by atoms with Crippen molar-refractivity contribution < 1.29 is 23.8 Å². The maximum Gasteiger partial charge on any atom is 0.334 e. The molecule has 0 radical (unpaired) electrons. The lowest BCUT2D eigenvalue weighted by Crippen LogP contribution is -2.34. The number of ether oxygens (including phenoxy) is 1. The number of carbonyl (C=O) groups excluding carboxylic acids is 1. The molecule has 0 N–H and O–H groups in total. The van der Waals surface area contributed by atoms with Crippen LogP contribution in [0.2, 0.25) is 0 Å². The van der Waals surface area contributed by atoms with E-state index in [4.69, 9.17) is 4.74 Å². The number of halogens is 1. The Morgan fingerprint density at radius 3 is 2.30 bits per heavy atom. The minimum Gasteiger partial charge on any atom is -0.463 e. The summed E-state index contributed by atoms with van der Waals surface area (Å²) in [7, 11) is 0. The standard InChI is InChI=1S/C21H21FN2O6/c1-2-30-21(25)16(12-15-8-4-3-5-9-15)13-20(24(28)29)18(14-23(26)27)17-10-6-7-11-19(17)22/h3-12,18,20H,2,13-14H2,1H3/b16-12+/t18-,20-/m0/s1. The molecule has 9 heteroatoms. The number of rotatable bonds is 10. The molecule has 0 amide bonds. The molecular weight excluding hydrogens is 395 g/mol. The second-order valence-corrected chi connectivity index (χ2v) is 6.50. The molecule has 0 aromatic heterocycles. The van der Waals surface area contributed by atoms with Crippen LogP contribution in [0.15, 0.2) is 60.2 Å². The molecule has 0 aliphatic carbocycles. The summed E-state index contributed by atoms with van der Waals surface area (Å²) in [5.74, 6) is -2.91. The van der Waals surface area contributed by atoms with E-state index in [-0.39, 0.29) is 17.7 Å². The molecule has 0 saturated carbocycles. The third kappa shape index (κ3) is 6.20. The predicted molar refractivity (Wildman–Crippen MR) is 107 cm³/mol. The fourth-order valence-corrected chi connectivity index (χ4v) is 3.13. The first-order valence-corrected chi connectivity index (χ1v) is 9.26. The monoisotopic (exact) mass is 416 g/mol. The van der Waals surface area contributed by atoms with Crippen LogP contribution in [0.5, 0.6) is 0 Å². The van der Waals surface area contributed by atoms with Gasteiger partial charge in [-0.3, -0.25) is 20.2 Å². The minimum absolute atomic E-state index is 0.0190. The van der Waals surface area contributed by atoms with Crippen LogP contribution in [-0.2, 0) is 9.53 Å². The number of esters is 1. The maximum atomic E-state index is 14.3. The Hall–Kier alpha value is -3.62. The Labute approximate surface area is 172 Å². The van der Waals surface area contributed by atoms with E-state index < -0.39 is 46.6 Å². The van der Waals surface area contributed by atoms with Crippen molar-refractivity contribution in [2.24, 2.45) is 0 Å². The molecule has 0 unspecified atom stereocenters. The van der Waals surface area contributed by atoms with Gasteiger partial charge in [-0.05, 0) is 24.6 Å². The summed E-state index contributed by atoms with van der Waals surface area (Å²) < 4.78 is 19.3. The molecule has 0 bridgehead atoms. The maximum absolute atomic E-state index is 14.3.